The van der Waals surface area contributed by atoms with Gasteiger partial charge in [0.15, 0.2) is 0 Å². The number of anilines is 4. The first-order valence-electron chi connectivity index (χ1n) is 20.8. The molecule has 59 heavy (non-hydrogen) atoms. The zero-order chi connectivity index (χ0) is 41.4. The molecule has 6 N–H and O–H groups in total. The van der Waals surface area contributed by atoms with Crippen molar-refractivity contribution in [2.24, 2.45) is 9.98 Å². The van der Waals surface area contributed by atoms with Crippen LogP contribution >= 0.6 is 0 Å². The number of rotatable bonds is 12. The maximum absolute atomic E-state index is 7.01. The van der Waals surface area contributed by atoms with E-state index >= 15 is 0 Å². The highest BCUT2D eigenvalue weighted by Gasteiger charge is 2.43. The van der Waals surface area contributed by atoms with Crippen LogP contribution in [0.4, 0.5) is 22.7 Å². The Kier molecular flexibility index (Phi) is 10.4. The van der Waals surface area contributed by atoms with E-state index in [1.165, 1.54) is 0 Å². The van der Waals surface area contributed by atoms with Crippen molar-refractivity contribution in [1.29, 1.82) is 0 Å². The van der Waals surface area contributed by atoms with E-state index in [0.29, 0.717) is 24.2 Å². The van der Waals surface area contributed by atoms with Gasteiger partial charge in [0.25, 0.3) is 0 Å². The molecule has 8 rings (SSSR count). The Morgan fingerprint density at radius 3 is 1.22 bits per heavy atom. The predicted molar refractivity (Wildman–Crippen MR) is 245 cm³/mol. The molecule has 0 aliphatic carbocycles. The lowest BCUT2D eigenvalue weighted by Gasteiger charge is -2.38. The van der Waals surface area contributed by atoms with Crippen molar-refractivity contribution in [2.75, 3.05) is 22.1 Å². The normalized spacial score (nSPS) is 18.3. The van der Waals surface area contributed by atoms with Crippen LogP contribution in [0.5, 0.6) is 11.5 Å². The number of nitrogens with one attached hydrogen (secondary N) is 2. The maximum Gasteiger partial charge on any atom is 0.230 e. The first kappa shape index (κ1) is 39.3. The van der Waals surface area contributed by atoms with Crippen LogP contribution in [0.1, 0.15) is 89.5 Å². The van der Waals surface area contributed by atoms with Crippen LogP contribution in [0, 0.1) is 0 Å². The number of aliphatic imine (C=N–C) groups is 2. The number of nitrogen functional groups attached to an aromatic ring is 2. The highest BCUT2D eigenvalue weighted by atomic mass is 16.5. The lowest BCUT2D eigenvalue weighted by molar-refractivity contribution is 0.0714. The largest absolute Gasteiger partial charge is 0.462 e. The van der Waals surface area contributed by atoms with E-state index in [4.69, 9.17) is 30.9 Å². The molecule has 2 atom stereocenters. The smallest absolute Gasteiger partial charge is 0.230 e. The zero-order valence-corrected chi connectivity index (χ0v) is 34.9. The minimum Gasteiger partial charge on any atom is -0.462 e. The van der Waals surface area contributed by atoms with Gasteiger partial charge in [0.1, 0.15) is 23.2 Å². The molecule has 2 aliphatic heterocycles. The van der Waals surface area contributed by atoms with Crippen LogP contribution in [0.2, 0.25) is 0 Å². The average molecular weight is 783 g/mol. The molecule has 0 saturated heterocycles. The van der Waals surface area contributed by atoms with Crippen LogP contribution in [-0.4, -0.2) is 11.7 Å². The summed E-state index contributed by atoms with van der Waals surface area (Å²) in [5.41, 5.74) is 22.6. The highest BCUT2D eigenvalue weighted by Crippen LogP contribution is 2.50. The van der Waals surface area contributed by atoms with Gasteiger partial charge in [0.05, 0.1) is 11.1 Å². The van der Waals surface area contributed by atoms with E-state index in [-0.39, 0.29) is 5.41 Å². The Bertz CT molecular complexity index is 2350. The fourth-order valence-electron chi connectivity index (χ4n) is 8.58. The first-order valence-corrected chi connectivity index (χ1v) is 20.8. The van der Waals surface area contributed by atoms with Crippen LogP contribution in [0.15, 0.2) is 143 Å². The third kappa shape index (κ3) is 7.07. The number of nitrogens with two attached hydrogens (primary N) is 2. The average Bonchev–Trinajstić information content (AvgIpc) is 3.27. The molecule has 8 heteroatoms. The molecule has 8 nitrogen and oxygen atoms in total. The van der Waals surface area contributed by atoms with Gasteiger partial charge >= 0.3 is 0 Å². The molecule has 6 aromatic carbocycles. The second-order valence-electron chi connectivity index (χ2n) is 15.9. The highest BCUT2D eigenvalue weighted by molar-refractivity contribution is 6.02. The summed E-state index contributed by atoms with van der Waals surface area (Å²) in [5.74, 6) is 3.22. The number of hydrogen-bond acceptors (Lipinski definition) is 8. The van der Waals surface area contributed by atoms with Crippen LogP contribution in [-0.2, 0) is 16.9 Å². The second-order valence-corrected chi connectivity index (χ2v) is 15.9. The van der Waals surface area contributed by atoms with Crippen LogP contribution < -0.4 is 31.6 Å². The summed E-state index contributed by atoms with van der Waals surface area (Å²) in [4.78, 5) is 10.5. The molecular formula is C51H54N6O2. The van der Waals surface area contributed by atoms with Crippen molar-refractivity contribution in [3.05, 3.63) is 156 Å². The van der Waals surface area contributed by atoms with Gasteiger partial charge in [-0.05, 0) is 70.8 Å². The Hall–Kier alpha value is -6.54. The minimum atomic E-state index is -0.973. The van der Waals surface area contributed by atoms with Gasteiger partial charge < -0.3 is 31.6 Å². The van der Waals surface area contributed by atoms with Crippen molar-refractivity contribution in [3.63, 3.8) is 0 Å². The molecule has 0 fully saturated rings. The molecule has 300 valence electrons. The Balaban J connectivity index is 1.09. The fraction of sp³-hybridized carbons (Fsp3) is 0.255. The molecule has 0 spiro atoms. The number of fused-ring (bicyclic) bond motifs is 2. The molecule has 0 aromatic heterocycles. The van der Waals surface area contributed by atoms with Crippen molar-refractivity contribution in [1.82, 2.24) is 0 Å². The van der Waals surface area contributed by atoms with Gasteiger partial charge in [-0.2, -0.15) is 0 Å². The molecule has 0 amide bonds. The minimum absolute atomic E-state index is 0.324. The lowest BCUT2D eigenvalue weighted by Crippen LogP contribution is -2.38. The quantitative estimate of drug-likeness (QED) is 0.0918. The first-order chi connectivity index (χ1) is 28.5. The molecule has 0 radical (unpaired) electrons. The maximum atomic E-state index is 7.01. The topological polar surface area (TPSA) is 119 Å². The molecular weight excluding hydrogens is 729 g/mol. The SMILES string of the molecule is CCC1=NC(CC)(Oc2ccc(C(C)(C)c3ccc(OC4(CC)N=C(CC)Nc5ccc(N)c(-c6ccccc6)c54)cc3)cc2)c2c(ccc(N)c2-c2ccccc2)N1. The number of amidine groups is 2. The Labute approximate surface area is 348 Å². The lowest BCUT2D eigenvalue weighted by atomic mass is 9.78. The van der Waals surface area contributed by atoms with Crippen molar-refractivity contribution in [2.45, 2.75) is 84.1 Å². The fourth-order valence-corrected chi connectivity index (χ4v) is 8.58. The summed E-state index contributed by atoms with van der Waals surface area (Å²) in [6.07, 6.45) is 2.72. The molecule has 6 aromatic rings. The van der Waals surface area contributed by atoms with Crippen molar-refractivity contribution < 1.29 is 9.47 Å². The number of hydrogen-bond donors (Lipinski definition) is 4. The summed E-state index contributed by atoms with van der Waals surface area (Å²) in [6, 6.07) is 45.4. The van der Waals surface area contributed by atoms with Gasteiger partial charge in [0.2, 0.25) is 11.4 Å². The Morgan fingerprint density at radius 2 is 0.881 bits per heavy atom. The van der Waals surface area contributed by atoms with Crippen LogP contribution in [0.25, 0.3) is 22.3 Å². The van der Waals surface area contributed by atoms with Gasteiger partial charge in [-0.15, -0.1) is 0 Å². The van der Waals surface area contributed by atoms with E-state index in [2.05, 4.69) is 125 Å². The summed E-state index contributed by atoms with van der Waals surface area (Å²) in [6.45, 7) is 12.9. The molecule has 2 heterocycles. The van der Waals surface area contributed by atoms with Gasteiger partial charge in [0, 0.05) is 65.0 Å². The monoisotopic (exact) mass is 782 g/mol. The summed E-state index contributed by atoms with van der Waals surface area (Å²) < 4.78 is 14.0. The number of nitrogens with zero attached hydrogens (tertiary/aromatic N) is 2. The van der Waals surface area contributed by atoms with Crippen molar-refractivity contribution in [3.8, 4) is 33.8 Å². The van der Waals surface area contributed by atoms with Crippen molar-refractivity contribution >= 4 is 34.4 Å². The van der Waals surface area contributed by atoms with Gasteiger partial charge in [-0.3, -0.25) is 0 Å². The third-order valence-corrected chi connectivity index (χ3v) is 11.9. The zero-order valence-electron chi connectivity index (χ0n) is 34.9. The third-order valence-electron chi connectivity index (χ3n) is 11.9. The summed E-state index contributed by atoms with van der Waals surface area (Å²) in [7, 11) is 0. The predicted octanol–water partition coefficient (Wildman–Crippen LogP) is 12.3. The Morgan fingerprint density at radius 1 is 0.508 bits per heavy atom. The van der Waals surface area contributed by atoms with Gasteiger partial charge in [-0.25, -0.2) is 9.98 Å². The molecule has 0 bridgehead atoms. The second kappa shape index (κ2) is 15.7. The molecule has 0 saturated carbocycles. The van der Waals surface area contributed by atoms with Gasteiger partial charge in [-0.1, -0.05) is 126 Å². The van der Waals surface area contributed by atoms with E-state index in [1.54, 1.807) is 0 Å². The van der Waals surface area contributed by atoms with E-state index in [0.717, 1.165) is 91.9 Å². The molecule has 2 aliphatic rings. The number of ether oxygens (including phenoxy) is 2. The van der Waals surface area contributed by atoms with E-state index < -0.39 is 11.4 Å². The standard InChI is InChI=1S/C51H54N6O2/c1-7-43-54-41-31-29-39(52)45(33-17-13-11-14-18-33)47(41)50(9-3,56-43)58-37-25-21-35(22-26-37)49(5,6)36-23-27-38(28-24-36)59-51(10-4)48-42(55-44(8-2)57-51)32-30-40(53)46(48)34-19-15-12-16-20-34/h11-32H,7-10,52-53H2,1-6H3,(H,54,56)(H,55,57). The summed E-state index contributed by atoms with van der Waals surface area (Å²) in [5, 5.41) is 7.10. The molecule has 2 unspecified atom stereocenters. The van der Waals surface area contributed by atoms with E-state index in [9.17, 15) is 0 Å². The summed E-state index contributed by atoms with van der Waals surface area (Å²) >= 11 is 0. The van der Waals surface area contributed by atoms with Crippen LogP contribution in [0.3, 0.4) is 0 Å². The van der Waals surface area contributed by atoms with E-state index in [1.807, 2.05) is 60.7 Å². The number of benzene rings is 6.